The van der Waals surface area contributed by atoms with E-state index in [0.717, 1.165) is 195 Å². The minimum atomic E-state index is 0. The molecule has 0 unspecified atom stereocenters. The second-order valence-electron chi connectivity index (χ2n) is 34.0. The molecule has 0 bridgehead atoms. The molecule has 0 N–H and O–H groups in total. The van der Waals surface area contributed by atoms with Crippen LogP contribution in [0.4, 0.5) is 0 Å². The molecule has 0 aliphatic heterocycles. The number of aromatic nitrogens is 9. The van der Waals surface area contributed by atoms with Crippen LogP contribution in [-0.4, -0.2) is 43.1 Å². The van der Waals surface area contributed by atoms with E-state index in [1.54, 1.807) is 0 Å². The van der Waals surface area contributed by atoms with E-state index in [9.17, 15) is 0 Å². The summed E-state index contributed by atoms with van der Waals surface area (Å²) in [5.41, 5.74) is 37.4. The van der Waals surface area contributed by atoms with Crippen molar-refractivity contribution in [1.82, 2.24) is 43.1 Å². The first-order chi connectivity index (χ1) is 67.4. The average molecular weight is 1760 g/mol. The van der Waals surface area contributed by atoms with Gasteiger partial charge >= 0.3 is 0 Å². The Hall–Kier alpha value is -18.5. The van der Waals surface area contributed by atoms with Crippen LogP contribution in [0.2, 0.25) is 0 Å². The molecule has 12 nitrogen and oxygen atoms in total. The lowest BCUT2D eigenvalue weighted by atomic mass is 9.97. The number of rotatable bonds is 14. The van der Waals surface area contributed by atoms with Gasteiger partial charge in [0.1, 0.15) is 0 Å². The number of benzene rings is 18. The van der Waals surface area contributed by atoms with Crippen LogP contribution in [0.3, 0.4) is 0 Å². The van der Waals surface area contributed by atoms with E-state index >= 15 is 0 Å². The van der Waals surface area contributed by atoms with Crippen molar-refractivity contribution < 1.29 is 13.3 Å². The van der Waals surface area contributed by atoms with Gasteiger partial charge in [0, 0.05) is 66.2 Å². The third kappa shape index (κ3) is 15.2. The Kier molecular flexibility index (Phi) is 20.9. The highest BCUT2D eigenvalue weighted by molar-refractivity contribution is 6.11. The van der Waals surface area contributed by atoms with Crippen molar-refractivity contribution in [2.75, 3.05) is 0 Å². The summed E-state index contributed by atoms with van der Waals surface area (Å²) in [7, 11) is 0. The number of nitrogens with zero attached hydrogens (tertiary/aromatic N) is 9. The lowest BCUT2D eigenvalue weighted by molar-refractivity contribution is 0.658. The molecule has 27 rings (SSSR count). The van der Waals surface area contributed by atoms with Gasteiger partial charge in [-0.15, -0.1) is 0 Å². The summed E-state index contributed by atoms with van der Waals surface area (Å²) in [5, 5.41) is 5.93. The van der Waals surface area contributed by atoms with E-state index in [1.807, 2.05) is 158 Å². The first-order valence-electron chi connectivity index (χ1n) is 45.6. The molecule has 0 amide bonds. The Morgan fingerprint density at radius 3 is 0.737 bits per heavy atom. The topological polar surface area (TPSA) is 130 Å². The Bertz CT molecular complexity index is 9000. The van der Waals surface area contributed by atoms with Gasteiger partial charge in [-0.2, -0.15) is 0 Å². The van der Waals surface area contributed by atoms with E-state index in [1.165, 1.54) is 38.4 Å². The molecule has 646 valence electrons. The lowest BCUT2D eigenvalue weighted by Crippen LogP contribution is -1.95. The van der Waals surface area contributed by atoms with Crippen molar-refractivity contribution >= 4 is 93.9 Å². The van der Waals surface area contributed by atoms with Gasteiger partial charge in [-0.1, -0.05) is 396 Å². The summed E-state index contributed by atoms with van der Waals surface area (Å²) < 4.78 is 26.3. The molecule has 9 heterocycles. The van der Waals surface area contributed by atoms with E-state index in [4.69, 9.17) is 43.2 Å². The molecule has 18 aromatic carbocycles. The van der Waals surface area contributed by atoms with Gasteiger partial charge in [-0.3, -0.25) is 13.2 Å². The third-order valence-electron chi connectivity index (χ3n) is 25.7. The predicted molar refractivity (Wildman–Crippen MR) is 561 cm³/mol. The maximum atomic E-state index is 6.61. The smallest absolute Gasteiger partial charge is 0.213 e. The maximum Gasteiger partial charge on any atom is 0.213 e. The summed E-state index contributed by atoms with van der Waals surface area (Å²) in [5.74, 6) is 2.12. The average Bonchev–Trinajstić information content (AvgIpc) is 1.57. The van der Waals surface area contributed by atoms with E-state index in [0.29, 0.717) is 17.5 Å². The third-order valence-corrected chi connectivity index (χ3v) is 25.7. The lowest BCUT2D eigenvalue weighted by Gasteiger charge is -2.10. The van der Waals surface area contributed by atoms with Crippen molar-refractivity contribution in [2.24, 2.45) is 0 Å². The first-order valence-corrected chi connectivity index (χ1v) is 45.6. The molecule has 0 radical (unpaired) electrons. The molecule has 0 saturated heterocycles. The predicted octanol–water partition coefficient (Wildman–Crippen LogP) is 33.0. The number of hydrogen-bond donors (Lipinski definition) is 0. The maximum absolute atomic E-state index is 6.61. The molecule has 0 aliphatic rings. The Balaban J connectivity index is 0.000000112. The fourth-order valence-electron chi connectivity index (χ4n) is 19.1. The highest BCUT2D eigenvalue weighted by Crippen LogP contribution is 2.47. The highest BCUT2D eigenvalue weighted by Gasteiger charge is 2.26. The van der Waals surface area contributed by atoms with Gasteiger partial charge in [0.25, 0.3) is 0 Å². The molecular weight excluding hydrogens is 1680 g/mol. The molecule has 12 heteroatoms. The first kappa shape index (κ1) is 81.7. The minimum absolute atomic E-state index is 0. The number of para-hydroxylation sites is 7. The van der Waals surface area contributed by atoms with Gasteiger partial charge in [-0.05, 0) is 141 Å². The van der Waals surface area contributed by atoms with Crippen LogP contribution in [0.25, 0.3) is 251 Å². The van der Waals surface area contributed by atoms with E-state index < -0.39 is 0 Å². The number of fused-ring (bicyclic) bond motifs is 16. The van der Waals surface area contributed by atoms with Crippen LogP contribution in [0, 0.1) is 0 Å². The van der Waals surface area contributed by atoms with Crippen LogP contribution >= 0.6 is 0 Å². The molecule has 27 aromatic rings. The zero-order valence-corrected chi connectivity index (χ0v) is 73.4. The van der Waals surface area contributed by atoms with Crippen molar-refractivity contribution in [3.63, 3.8) is 0 Å². The summed E-state index contributed by atoms with van der Waals surface area (Å²) >= 11 is 0. The summed E-state index contributed by atoms with van der Waals surface area (Å²) in [6, 6.07) is 166. The summed E-state index contributed by atoms with van der Waals surface area (Å²) in [4.78, 5) is 29.9. The van der Waals surface area contributed by atoms with Crippen LogP contribution in [0.1, 0.15) is 7.43 Å². The molecule has 0 saturated carbocycles. The monoisotopic (exact) mass is 1760 g/mol. The van der Waals surface area contributed by atoms with Crippen LogP contribution in [0.15, 0.2) is 492 Å². The Morgan fingerprint density at radius 2 is 0.387 bits per heavy atom. The van der Waals surface area contributed by atoms with E-state index in [2.05, 4.69) is 335 Å². The number of hydrogen-bond acceptors (Lipinski definition) is 9. The second kappa shape index (κ2) is 35.0. The largest absolute Gasteiger partial charge is 0.438 e. The van der Waals surface area contributed by atoms with Gasteiger partial charge in [-0.25, -0.2) is 29.9 Å². The van der Waals surface area contributed by atoms with Crippen molar-refractivity contribution in [3.8, 4) is 157 Å². The van der Waals surface area contributed by atoms with Gasteiger partial charge in [0.2, 0.25) is 17.1 Å². The van der Waals surface area contributed by atoms with Gasteiger partial charge < -0.3 is 13.3 Å². The zero-order chi connectivity index (χ0) is 89.9. The molecule has 0 atom stereocenters. The highest BCUT2D eigenvalue weighted by atomic mass is 16.4. The number of oxazole rings is 3. The Labute approximate surface area is 789 Å². The molecule has 0 aliphatic carbocycles. The Morgan fingerprint density at radius 1 is 0.153 bits per heavy atom. The molecule has 9 aromatic heterocycles. The van der Waals surface area contributed by atoms with Crippen LogP contribution in [0.5, 0.6) is 0 Å². The quantitative estimate of drug-likeness (QED) is 0.104. The van der Waals surface area contributed by atoms with Crippen molar-refractivity contribution in [3.05, 3.63) is 479 Å². The van der Waals surface area contributed by atoms with Crippen molar-refractivity contribution in [2.45, 2.75) is 7.43 Å². The molecule has 137 heavy (non-hydrogen) atoms. The molecule has 0 spiro atoms. The SMILES string of the molecule is C.c1ccc(-c2cc(-c3ccc(-c4c5cc(-c6ccc7ccccc7c6)ccc5n5c4oc4ccccc45)cc3)nc(-c3ccccc3)n2)cc1.c1ccc(-c2cc(-c3ccc(-c4c5ccccc5n5c4oc4ccccc45)cc3)nc(-c3ccccc3)n2)cc1.c1ccc(-c2ccc3c(c2)c(-c2ccc(-c4cc(-c5ccccc5)nc(-c5ccccc5)n4)cc2)c2oc4ccccc4n23)cc1. The summed E-state index contributed by atoms with van der Waals surface area (Å²) in [6.45, 7) is 0. The van der Waals surface area contributed by atoms with Gasteiger partial charge in [0.15, 0.2) is 34.2 Å². The normalized spacial score (nSPS) is 11.4. The molecule has 0 fully saturated rings. The van der Waals surface area contributed by atoms with E-state index in [-0.39, 0.29) is 7.43 Å². The second-order valence-corrected chi connectivity index (χ2v) is 34.0. The van der Waals surface area contributed by atoms with Crippen LogP contribution < -0.4 is 0 Å². The molecular formula is C125H83N9O3. The summed E-state index contributed by atoms with van der Waals surface area (Å²) in [6.07, 6.45) is 0. The fraction of sp³-hybridized carbons (Fsp3) is 0.00800. The standard InChI is InChI=1S/C46H29N3O.C42H27N3O.C36H23N3O.CH4/c1-3-12-31(13-4-1)39-29-40(48-45(47-39)34-14-5-2-6-15-34)32-20-22-33(23-21-32)44-38-28-37(36-24-19-30-11-7-8-16-35(30)27-36)25-26-41(38)49-42-17-9-10-18-43(42)50-46(44)49;1-4-12-28(13-5-1)33-24-25-37-34(26-33)40(42-45(37)38-18-10-11-19-39(38)46-42)31-22-20-30(21-23-31)36-27-35(29-14-6-2-7-15-29)43-41(44-36)32-16-8-3-9-17-32;1-3-11-24(12-4-1)29-23-30(38-35(37-29)27-13-5-2-6-14-27)25-19-21-26(22-20-25)34-28-15-7-8-16-31(28)39-32-17-9-10-18-33(32)40-36(34)39;/h1-29H;1-27H;1-23H;1H4. The minimum Gasteiger partial charge on any atom is -0.438 e. The fourth-order valence-corrected chi connectivity index (χ4v) is 19.1. The van der Waals surface area contributed by atoms with Crippen LogP contribution in [-0.2, 0) is 0 Å². The zero-order valence-electron chi connectivity index (χ0n) is 73.4. The van der Waals surface area contributed by atoms with Gasteiger partial charge in [0.05, 0.1) is 84.0 Å². The van der Waals surface area contributed by atoms with Crippen molar-refractivity contribution in [1.29, 1.82) is 0 Å².